The number of carbonyl (C=O) groups excluding carboxylic acids is 1. The molecule has 1 amide bonds. The van der Waals surface area contributed by atoms with E-state index in [1.165, 1.54) is 39.1 Å². The molecular formula is C21H37N3O. The summed E-state index contributed by atoms with van der Waals surface area (Å²) >= 11 is 0. The average Bonchev–Trinajstić information content (AvgIpc) is 2.45. The number of likely N-dealkylation sites (tertiary alicyclic amines) is 2. The second-order valence-corrected chi connectivity index (χ2v) is 8.75. The molecule has 2 saturated heterocycles. The molecule has 0 aliphatic carbocycles. The lowest BCUT2D eigenvalue weighted by Crippen LogP contribution is -2.72. The first-order valence-corrected chi connectivity index (χ1v) is 10.00. The number of unbranched alkanes of at least 4 members (excludes halogenated alkanes) is 2. The highest BCUT2D eigenvalue weighted by Gasteiger charge is 2.51. The Bertz CT molecular complexity index is 489. The highest BCUT2D eigenvalue weighted by Crippen LogP contribution is 2.40. The Morgan fingerprint density at radius 2 is 1.76 bits per heavy atom. The van der Waals surface area contributed by atoms with Crippen molar-refractivity contribution >= 4 is 5.91 Å². The maximum absolute atomic E-state index is 12.0. The molecule has 2 fully saturated rings. The van der Waals surface area contributed by atoms with Gasteiger partial charge in [0.15, 0.2) is 0 Å². The first-order valence-electron chi connectivity index (χ1n) is 10.00. The normalized spacial score (nSPS) is 19.5. The van der Waals surface area contributed by atoms with E-state index in [4.69, 9.17) is 0 Å². The van der Waals surface area contributed by atoms with E-state index in [0.717, 1.165) is 12.8 Å². The highest BCUT2D eigenvalue weighted by atomic mass is 16.2. The Kier molecular flexibility index (Phi) is 7.34. The summed E-state index contributed by atoms with van der Waals surface area (Å²) in [6.07, 6.45) is 4.03. The summed E-state index contributed by atoms with van der Waals surface area (Å²) in [5.41, 5.74) is 0.625. The van der Waals surface area contributed by atoms with Gasteiger partial charge in [-0.15, -0.1) is 0 Å². The van der Waals surface area contributed by atoms with Gasteiger partial charge in [0, 0.05) is 57.0 Å². The molecule has 2 aliphatic rings. The van der Waals surface area contributed by atoms with Crippen molar-refractivity contribution in [1.29, 1.82) is 0 Å². The van der Waals surface area contributed by atoms with Crippen molar-refractivity contribution < 1.29 is 4.79 Å². The van der Waals surface area contributed by atoms with Crippen LogP contribution in [0, 0.1) is 23.2 Å². The standard InChI is InChI=1S/C21H37N3O/c1-18(2)10-9-12-22(5)20(25)11-7-6-8-13-23-14-21(15-23)16-24(17-21)19(3)4/h18-19H,6-8,11-17H2,1-5H3. The Morgan fingerprint density at radius 3 is 2.36 bits per heavy atom. The van der Waals surface area contributed by atoms with Crippen LogP contribution in [0.2, 0.25) is 0 Å². The van der Waals surface area contributed by atoms with Gasteiger partial charge in [0.2, 0.25) is 5.91 Å². The molecule has 142 valence electrons. The van der Waals surface area contributed by atoms with Crippen molar-refractivity contribution in [2.75, 3.05) is 46.3 Å². The summed E-state index contributed by atoms with van der Waals surface area (Å²) in [5.74, 6) is 6.78. The molecule has 4 nitrogen and oxygen atoms in total. The molecule has 0 saturated carbocycles. The van der Waals surface area contributed by atoms with E-state index in [1.807, 2.05) is 7.05 Å². The van der Waals surface area contributed by atoms with Crippen LogP contribution in [0.25, 0.3) is 0 Å². The molecule has 2 heterocycles. The first-order chi connectivity index (χ1) is 11.8. The van der Waals surface area contributed by atoms with Gasteiger partial charge >= 0.3 is 0 Å². The highest BCUT2D eigenvalue weighted by molar-refractivity contribution is 5.76. The molecule has 2 aliphatic heterocycles. The molecular weight excluding hydrogens is 310 g/mol. The maximum atomic E-state index is 12.0. The van der Waals surface area contributed by atoms with Gasteiger partial charge in [-0.3, -0.25) is 9.69 Å². The third kappa shape index (κ3) is 6.01. The van der Waals surface area contributed by atoms with Gasteiger partial charge < -0.3 is 9.80 Å². The van der Waals surface area contributed by atoms with E-state index in [9.17, 15) is 4.79 Å². The quantitative estimate of drug-likeness (QED) is 0.499. The molecule has 0 N–H and O–H groups in total. The molecule has 1 spiro atoms. The Labute approximate surface area is 154 Å². The smallest absolute Gasteiger partial charge is 0.223 e. The minimum Gasteiger partial charge on any atom is -0.335 e. The molecule has 0 aromatic rings. The Balaban J connectivity index is 1.47. The fourth-order valence-electron chi connectivity index (χ4n) is 3.88. The number of amides is 1. The van der Waals surface area contributed by atoms with Crippen LogP contribution >= 0.6 is 0 Å². The first kappa shape index (κ1) is 20.3. The van der Waals surface area contributed by atoms with E-state index in [1.54, 1.807) is 4.90 Å². The van der Waals surface area contributed by atoms with Crippen LogP contribution < -0.4 is 0 Å². The number of rotatable bonds is 8. The maximum Gasteiger partial charge on any atom is 0.223 e. The topological polar surface area (TPSA) is 26.8 Å². The van der Waals surface area contributed by atoms with E-state index in [-0.39, 0.29) is 5.91 Å². The second kappa shape index (κ2) is 9.05. The Morgan fingerprint density at radius 1 is 1.08 bits per heavy atom. The minimum atomic E-state index is 0.226. The third-order valence-electron chi connectivity index (χ3n) is 5.42. The summed E-state index contributed by atoms with van der Waals surface area (Å²) in [7, 11) is 1.86. The second-order valence-electron chi connectivity index (χ2n) is 8.75. The van der Waals surface area contributed by atoms with Crippen molar-refractivity contribution in [2.24, 2.45) is 11.3 Å². The lowest BCUT2D eigenvalue weighted by atomic mass is 9.72. The van der Waals surface area contributed by atoms with Gasteiger partial charge in [-0.2, -0.15) is 0 Å². The van der Waals surface area contributed by atoms with Crippen LogP contribution in [0.15, 0.2) is 0 Å². The fourth-order valence-corrected chi connectivity index (χ4v) is 3.88. The van der Waals surface area contributed by atoms with E-state index in [0.29, 0.717) is 30.3 Å². The molecule has 0 aromatic heterocycles. The van der Waals surface area contributed by atoms with Gasteiger partial charge in [-0.1, -0.05) is 32.1 Å². The van der Waals surface area contributed by atoms with E-state index >= 15 is 0 Å². The summed E-state index contributed by atoms with van der Waals surface area (Å²) in [4.78, 5) is 19.0. The summed E-state index contributed by atoms with van der Waals surface area (Å²) in [5, 5.41) is 0. The molecule has 0 radical (unpaired) electrons. The number of nitrogens with zero attached hydrogens (tertiary/aromatic N) is 3. The molecule has 25 heavy (non-hydrogen) atoms. The molecule has 4 heteroatoms. The van der Waals surface area contributed by atoms with Crippen molar-refractivity contribution in [3.05, 3.63) is 0 Å². The number of hydrogen-bond donors (Lipinski definition) is 0. The molecule has 0 unspecified atom stereocenters. The molecule has 2 rings (SSSR count). The average molecular weight is 348 g/mol. The van der Waals surface area contributed by atoms with Crippen molar-refractivity contribution in [3.63, 3.8) is 0 Å². The van der Waals surface area contributed by atoms with E-state index < -0.39 is 0 Å². The molecule has 0 aromatic carbocycles. The Hall–Kier alpha value is -1.05. The van der Waals surface area contributed by atoms with Crippen LogP contribution in [0.1, 0.15) is 53.4 Å². The van der Waals surface area contributed by atoms with Crippen molar-refractivity contribution in [2.45, 2.75) is 59.4 Å². The van der Waals surface area contributed by atoms with Gasteiger partial charge in [0.05, 0.1) is 6.54 Å². The number of carbonyl (C=O) groups is 1. The van der Waals surface area contributed by atoms with Crippen LogP contribution in [-0.4, -0.2) is 73.0 Å². The molecule has 0 atom stereocenters. The van der Waals surface area contributed by atoms with Crippen molar-refractivity contribution in [3.8, 4) is 11.8 Å². The third-order valence-corrected chi connectivity index (χ3v) is 5.42. The predicted octanol–water partition coefficient (Wildman–Crippen LogP) is 2.69. The van der Waals surface area contributed by atoms with Gasteiger partial charge in [-0.05, 0) is 33.2 Å². The zero-order chi connectivity index (χ0) is 18.4. The zero-order valence-corrected chi connectivity index (χ0v) is 17.0. The van der Waals surface area contributed by atoms with Crippen LogP contribution in [0.4, 0.5) is 0 Å². The minimum absolute atomic E-state index is 0.226. The van der Waals surface area contributed by atoms with Crippen LogP contribution in [-0.2, 0) is 4.79 Å². The largest absolute Gasteiger partial charge is 0.335 e. The van der Waals surface area contributed by atoms with Gasteiger partial charge in [-0.25, -0.2) is 0 Å². The predicted molar refractivity (Wildman–Crippen MR) is 104 cm³/mol. The summed E-state index contributed by atoms with van der Waals surface area (Å²) in [6.45, 7) is 15.6. The fraction of sp³-hybridized carbons (Fsp3) is 0.857. The summed E-state index contributed by atoms with van der Waals surface area (Å²) < 4.78 is 0. The van der Waals surface area contributed by atoms with Crippen molar-refractivity contribution in [1.82, 2.24) is 14.7 Å². The SMILES string of the molecule is CC(C)C#CCN(C)C(=O)CCCCCN1CC2(C1)CN(C(C)C)C2. The summed E-state index contributed by atoms with van der Waals surface area (Å²) in [6, 6.07) is 0.701. The van der Waals surface area contributed by atoms with Crippen LogP contribution in [0.3, 0.4) is 0 Å². The molecule has 0 bridgehead atoms. The lowest BCUT2D eigenvalue weighted by molar-refractivity contribution is -0.129. The number of hydrogen-bond acceptors (Lipinski definition) is 3. The van der Waals surface area contributed by atoms with Gasteiger partial charge in [0.1, 0.15) is 0 Å². The van der Waals surface area contributed by atoms with Crippen LogP contribution in [0.5, 0.6) is 0 Å². The lowest BCUT2D eigenvalue weighted by Gasteiger charge is -2.61. The van der Waals surface area contributed by atoms with Gasteiger partial charge in [0.25, 0.3) is 0 Å². The monoisotopic (exact) mass is 347 g/mol. The zero-order valence-electron chi connectivity index (χ0n) is 17.0. The van der Waals surface area contributed by atoms with E-state index in [2.05, 4.69) is 49.3 Å².